The first kappa shape index (κ1) is 15.2. The van der Waals surface area contributed by atoms with Gasteiger partial charge >= 0.3 is 0 Å². The average molecular weight is 290 g/mol. The van der Waals surface area contributed by atoms with Crippen molar-refractivity contribution in [2.24, 2.45) is 0 Å². The van der Waals surface area contributed by atoms with Crippen molar-refractivity contribution in [3.8, 4) is 0 Å². The van der Waals surface area contributed by atoms with E-state index < -0.39 is 17.7 Å². The molecule has 2 heterocycles. The molecule has 1 atom stereocenters. The summed E-state index contributed by atoms with van der Waals surface area (Å²) in [5, 5.41) is 10.0. The number of ketones is 1. The molecule has 0 unspecified atom stereocenters. The summed E-state index contributed by atoms with van der Waals surface area (Å²) in [4.78, 5) is 29.5. The summed E-state index contributed by atoms with van der Waals surface area (Å²) in [6, 6.07) is 2.94. The Bertz CT molecular complexity index is 568. The van der Waals surface area contributed by atoms with E-state index >= 15 is 0 Å². The summed E-state index contributed by atoms with van der Waals surface area (Å²) in [5.41, 5.74) is 0.836. The largest absolute Gasteiger partial charge is 0.503 e. The van der Waals surface area contributed by atoms with E-state index in [9.17, 15) is 14.7 Å². The molecule has 6 nitrogen and oxygen atoms in total. The number of ether oxygens (including phenoxy) is 1. The number of carbonyl (C=O) groups is 2. The fraction of sp³-hybridized carbons (Fsp3) is 0.400. The number of aliphatic hydroxyl groups is 1. The van der Waals surface area contributed by atoms with Crippen molar-refractivity contribution in [1.29, 1.82) is 0 Å². The monoisotopic (exact) mass is 290 g/mol. The van der Waals surface area contributed by atoms with Crippen LogP contribution in [0.1, 0.15) is 24.9 Å². The molecule has 0 aliphatic carbocycles. The van der Waals surface area contributed by atoms with Gasteiger partial charge < -0.3 is 14.7 Å². The molecule has 0 aromatic carbocycles. The molecule has 112 valence electrons. The standard InChI is InChI=1S/C15H18N2O4/c1-10(18)12-13(11-5-3-6-16-9-11)17(7-4-8-21-2)15(20)14(12)19/h3,5-6,9,13,19H,4,7-8H2,1-2H3/t13-/m1/s1. The van der Waals surface area contributed by atoms with Crippen LogP contribution in [-0.2, 0) is 14.3 Å². The third-order valence-corrected chi connectivity index (χ3v) is 3.43. The molecule has 21 heavy (non-hydrogen) atoms. The summed E-state index contributed by atoms with van der Waals surface area (Å²) in [5.74, 6) is -1.30. The lowest BCUT2D eigenvalue weighted by Gasteiger charge is -2.26. The molecule has 0 spiro atoms. The van der Waals surface area contributed by atoms with Gasteiger partial charge in [-0.1, -0.05) is 6.07 Å². The number of hydrogen-bond acceptors (Lipinski definition) is 5. The van der Waals surface area contributed by atoms with E-state index in [0.29, 0.717) is 25.1 Å². The van der Waals surface area contributed by atoms with Gasteiger partial charge in [-0.05, 0) is 25.0 Å². The number of pyridine rings is 1. The average Bonchev–Trinajstić information content (AvgIpc) is 2.73. The molecule has 1 aliphatic rings. The number of aromatic nitrogens is 1. The second kappa shape index (κ2) is 6.49. The number of aliphatic hydroxyl groups excluding tert-OH is 1. The molecule has 6 heteroatoms. The first-order valence-corrected chi connectivity index (χ1v) is 6.71. The Hall–Kier alpha value is -2.21. The molecule has 1 aromatic heterocycles. The van der Waals surface area contributed by atoms with Crippen LogP contribution >= 0.6 is 0 Å². The van der Waals surface area contributed by atoms with Crippen LogP contribution in [0, 0.1) is 0 Å². The Morgan fingerprint density at radius 2 is 2.29 bits per heavy atom. The second-order valence-electron chi connectivity index (χ2n) is 4.85. The minimum atomic E-state index is -0.583. The number of amides is 1. The first-order chi connectivity index (χ1) is 10.1. The zero-order valence-electron chi connectivity index (χ0n) is 12.1. The van der Waals surface area contributed by atoms with Crippen molar-refractivity contribution in [3.05, 3.63) is 41.4 Å². The highest BCUT2D eigenvalue weighted by Crippen LogP contribution is 2.37. The van der Waals surface area contributed by atoms with E-state index in [2.05, 4.69) is 4.98 Å². The summed E-state index contributed by atoms with van der Waals surface area (Å²) in [6.07, 6.45) is 3.84. The fourth-order valence-electron chi connectivity index (χ4n) is 2.51. The Kier molecular flexibility index (Phi) is 4.70. The van der Waals surface area contributed by atoms with E-state index in [1.807, 2.05) is 0 Å². The molecule has 1 aliphatic heterocycles. The van der Waals surface area contributed by atoms with Crippen LogP contribution in [0.4, 0.5) is 0 Å². The topological polar surface area (TPSA) is 79.7 Å². The Balaban J connectivity index is 2.37. The van der Waals surface area contributed by atoms with E-state index in [0.717, 1.165) is 0 Å². The summed E-state index contributed by atoms with van der Waals surface area (Å²) in [6.45, 7) is 2.24. The minimum absolute atomic E-state index is 0.130. The molecule has 0 bridgehead atoms. The SMILES string of the molecule is COCCCN1C(=O)C(O)=C(C(C)=O)[C@H]1c1cccnc1. The van der Waals surface area contributed by atoms with Crippen molar-refractivity contribution in [3.63, 3.8) is 0 Å². The van der Waals surface area contributed by atoms with E-state index in [-0.39, 0.29) is 11.4 Å². The van der Waals surface area contributed by atoms with Crippen molar-refractivity contribution in [1.82, 2.24) is 9.88 Å². The normalized spacial score (nSPS) is 18.5. The van der Waals surface area contributed by atoms with Gasteiger partial charge in [0.15, 0.2) is 11.5 Å². The minimum Gasteiger partial charge on any atom is -0.503 e. The number of methoxy groups -OCH3 is 1. The van der Waals surface area contributed by atoms with Gasteiger partial charge in [-0.15, -0.1) is 0 Å². The molecular weight excluding hydrogens is 272 g/mol. The number of rotatable bonds is 6. The highest BCUT2D eigenvalue weighted by molar-refractivity contribution is 6.08. The van der Waals surface area contributed by atoms with Crippen molar-refractivity contribution in [2.45, 2.75) is 19.4 Å². The van der Waals surface area contributed by atoms with Crippen molar-refractivity contribution >= 4 is 11.7 Å². The highest BCUT2D eigenvalue weighted by atomic mass is 16.5. The van der Waals surface area contributed by atoms with Crippen LogP contribution in [0.5, 0.6) is 0 Å². The maximum Gasteiger partial charge on any atom is 0.290 e. The van der Waals surface area contributed by atoms with Gasteiger partial charge in [-0.2, -0.15) is 0 Å². The summed E-state index contributed by atoms with van der Waals surface area (Å²) >= 11 is 0. The third kappa shape index (κ3) is 2.95. The summed E-state index contributed by atoms with van der Waals surface area (Å²) < 4.78 is 4.99. The zero-order chi connectivity index (χ0) is 15.4. The lowest BCUT2D eigenvalue weighted by Crippen LogP contribution is -2.32. The lowest BCUT2D eigenvalue weighted by atomic mass is 9.98. The molecule has 0 saturated heterocycles. The van der Waals surface area contributed by atoms with Crippen molar-refractivity contribution in [2.75, 3.05) is 20.3 Å². The number of Topliss-reactive ketones (excluding diaryl/α,β-unsaturated/α-hetero) is 1. The van der Waals surface area contributed by atoms with Gasteiger partial charge in [-0.3, -0.25) is 14.6 Å². The molecule has 0 saturated carbocycles. The molecule has 0 fully saturated rings. The molecule has 1 amide bonds. The van der Waals surface area contributed by atoms with Gasteiger partial charge in [0.05, 0.1) is 11.6 Å². The number of carbonyl (C=O) groups excluding carboxylic acids is 2. The molecule has 0 radical (unpaired) electrons. The maximum absolute atomic E-state index is 12.2. The first-order valence-electron chi connectivity index (χ1n) is 6.71. The van der Waals surface area contributed by atoms with Gasteiger partial charge in [-0.25, -0.2) is 0 Å². The van der Waals surface area contributed by atoms with Crippen LogP contribution in [0.15, 0.2) is 35.9 Å². The fourth-order valence-corrected chi connectivity index (χ4v) is 2.51. The van der Waals surface area contributed by atoms with Gasteiger partial charge in [0.1, 0.15) is 0 Å². The second-order valence-corrected chi connectivity index (χ2v) is 4.85. The van der Waals surface area contributed by atoms with E-state index in [1.54, 1.807) is 31.6 Å². The number of hydrogen-bond donors (Lipinski definition) is 1. The lowest BCUT2D eigenvalue weighted by molar-refractivity contribution is -0.129. The molecular formula is C15H18N2O4. The van der Waals surface area contributed by atoms with Gasteiger partial charge in [0.25, 0.3) is 5.91 Å². The van der Waals surface area contributed by atoms with Gasteiger partial charge in [0.2, 0.25) is 0 Å². The highest BCUT2D eigenvalue weighted by Gasteiger charge is 2.41. The Morgan fingerprint density at radius 1 is 1.52 bits per heavy atom. The predicted molar refractivity (Wildman–Crippen MR) is 75.5 cm³/mol. The van der Waals surface area contributed by atoms with E-state index in [1.165, 1.54) is 11.8 Å². The quantitative estimate of drug-likeness (QED) is 0.801. The third-order valence-electron chi connectivity index (χ3n) is 3.43. The smallest absolute Gasteiger partial charge is 0.290 e. The van der Waals surface area contributed by atoms with Crippen LogP contribution in [0.2, 0.25) is 0 Å². The number of nitrogens with zero attached hydrogens (tertiary/aromatic N) is 2. The van der Waals surface area contributed by atoms with Gasteiger partial charge in [0, 0.05) is 32.7 Å². The Morgan fingerprint density at radius 3 is 2.86 bits per heavy atom. The predicted octanol–water partition coefficient (Wildman–Crippen LogP) is 1.40. The van der Waals surface area contributed by atoms with E-state index in [4.69, 9.17) is 4.74 Å². The Labute approximate surface area is 123 Å². The molecule has 1 aromatic rings. The van der Waals surface area contributed by atoms with Crippen molar-refractivity contribution < 1.29 is 19.4 Å². The molecule has 2 rings (SSSR count). The maximum atomic E-state index is 12.2. The summed E-state index contributed by atoms with van der Waals surface area (Å²) in [7, 11) is 1.58. The zero-order valence-corrected chi connectivity index (χ0v) is 12.1. The van der Waals surface area contributed by atoms with Crippen LogP contribution in [-0.4, -0.2) is 46.9 Å². The van der Waals surface area contributed by atoms with Crippen LogP contribution < -0.4 is 0 Å². The van der Waals surface area contributed by atoms with Crippen LogP contribution in [0.3, 0.4) is 0 Å². The van der Waals surface area contributed by atoms with Crippen LogP contribution in [0.25, 0.3) is 0 Å². The molecule has 1 N–H and O–H groups in total.